The SMILES string of the molecule is CC(C)(C)OC(=O)N(c1ccc(CN(C(=O)OC(C)(C)C)C2Cc3ccccc3C2)cc1)c1ncc2cnn([C@H]3C[C@H]4CC[C@@H]3C4)c2n1. The van der Waals surface area contributed by atoms with Crippen molar-refractivity contribution in [1.82, 2.24) is 24.6 Å². The summed E-state index contributed by atoms with van der Waals surface area (Å²) in [5, 5.41) is 5.58. The van der Waals surface area contributed by atoms with Crippen molar-refractivity contribution in [2.75, 3.05) is 4.90 Å². The highest BCUT2D eigenvalue weighted by molar-refractivity contribution is 5.95. The van der Waals surface area contributed by atoms with Gasteiger partial charge in [-0.3, -0.25) is 0 Å². The van der Waals surface area contributed by atoms with Crippen LogP contribution in [0.15, 0.2) is 60.9 Å². The van der Waals surface area contributed by atoms with E-state index in [2.05, 4.69) is 17.1 Å². The van der Waals surface area contributed by atoms with Gasteiger partial charge >= 0.3 is 12.2 Å². The molecule has 3 aliphatic carbocycles. The molecule has 0 saturated heterocycles. The molecule has 2 aromatic heterocycles. The van der Waals surface area contributed by atoms with Crippen molar-refractivity contribution in [3.05, 3.63) is 77.6 Å². The molecule has 2 fully saturated rings. The standard InChI is InChI=1S/C38H46N6O4/c1-37(2,3)47-35(45)42(31-19-26-9-7-8-10-27(26)20-31)23-24-12-15-30(16-13-24)43(36(46)48-38(4,5)6)34-39-21-29-22-40-44(33(29)41-34)32-18-25-11-14-28(32)17-25/h7-10,12-13,15-16,21-22,25,28,31-32H,11,14,17-20,23H2,1-6H3/t25-,28+,32-/m0/s1. The Hall–Kier alpha value is -4.47. The van der Waals surface area contributed by atoms with E-state index in [1.165, 1.54) is 35.3 Å². The molecule has 2 saturated carbocycles. The van der Waals surface area contributed by atoms with Crippen LogP contribution in [0.5, 0.6) is 0 Å². The van der Waals surface area contributed by atoms with E-state index in [4.69, 9.17) is 19.6 Å². The second-order valence-corrected chi connectivity index (χ2v) is 15.7. The van der Waals surface area contributed by atoms with Crippen LogP contribution in [0.3, 0.4) is 0 Å². The smallest absolute Gasteiger partial charge is 0.421 e. The minimum Gasteiger partial charge on any atom is -0.444 e. The zero-order chi connectivity index (χ0) is 33.8. The van der Waals surface area contributed by atoms with Gasteiger partial charge in [0.15, 0.2) is 5.65 Å². The lowest BCUT2D eigenvalue weighted by molar-refractivity contribution is 0.0148. The first-order valence-electron chi connectivity index (χ1n) is 17.2. The predicted molar refractivity (Wildman–Crippen MR) is 184 cm³/mol. The number of benzene rings is 2. The fourth-order valence-corrected chi connectivity index (χ4v) is 7.66. The van der Waals surface area contributed by atoms with Crippen LogP contribution >= 0.6 is 0 Å². The third-order valence-corrected chi connectivity index (χ3v) is 9.76. The number of hydrogen-bond donors (Lipinski definition) is 0. The maximum Gasteiger partial charge on any atom is 0.421 e. The first-order chi connectivity index (χ1) is 22.8. The molecule has 48 heavy (non-hydrogen) atoms. The van der Waals surface area contributed by atoms with E-state index < -0.39 is 17.3 Å². The summed E-state index contributed by atoms with van der Waals surface area (Å²) in [7, 11) is 0. The van der Waals surface area contributed by atoms with Gasteiger partial charge in [0.2, 0.25) is 5.95 Å². The number of nitrogens with zero attached hydrogens (tertiary/aromatic N) is 6. The molecule has 10 nitrogen and oxygen atoms in total. The van der Waals surface area contributed by atoms with E-state index in [1.807, 2.05) is 93.7 Å². The summed E-state index contributed by atoms with van der Waals surface area (Å²) >= 11 is 0. The van der Waals surface area contributed by atoms with Gasteiger partial charge in [-0.2, -0.15) is 10.1 Å². The van der Waals surface area contributed by atoms with Crippen LogP contribution in [0.4, 0.5) is 21.2 Å². The summed E-state index contributed by atoms with van der Waals surface area (Å²) in [5.74, 6) is 1.60. The van der Waals surface area contributed by atoms with Crippen molar-refractivity contribution in [2.24, 2.45) is 11.8 Å². The number of carbonyl (C=O) groups excluding carboxylic acids is 2. The summed E-state index contributed by atoms with van der Waals surface area (Å²) in [5.41, 5.74) is 3.39. The van der Waals surface area contributed by atoms with Gasteiger partial charge in [-0.25, -0.2) is 24.2 Å². The number of aromatic nitrogens is 4. The highest BCUT2D eigenvalue weighted by Crippen LogP contribution is 2.51. The predicted octanol–water partition coefficient (Wildman–Crippen LogP) is 8.17. The van der Waals surface area contributed by atoms with Gasteiger partial charge < -0.3 is 14.4 Å². The van der Waals surface area contributed by atoms with Gasteiger partial charge in [0.1, 0.15) is 11.2 Å². The first-order valence-corrected chi connectivity index (χ1v) is 17.2. The average Bonchev–Trinajstić information content (AvgIpc) is 3.82. The van der Waals surface area contributed by atoms with Crippen LogP contribution in [-0.2, 0) is 28.9 Å². The zero-order valence-electron chi connectivity index (χ0n) is 28.8. The average molecular weight is 651 g/mol. The number of rotatable bonds is 6. The van der Waals surface area contributed by atoms with Crippen molar-refractivity contribution in [1.29, 1.82) is 0 Å². The van der Waals surface area contributed by atoms with E-state index in [-0.39, 0.29) is 18.1 Å². The largest absolute Gasteiger partial charge is 0.444 e. The Kier molecular flexibility index (Phi) is 8.16. The summed E-state index contributed by atoms with van der Waals surface area (Å²) in [6.45, 7) is 11.5. The second-order valence-electron chi connectivity index (χ2n) is 15.7. The number of hydrogen-bond acceptors (Lipinski definition) is 7. The van der Waals surface area contributed by atoms with Crippen molar-refractivity contribution >= 4 is 34.9 Å². The molecular formula is C38H46N6O4. The monoisotopic (exact) mass is 650 g/mol. The lowest BCUT2D eigenvalue weighted by Crippen LogP contribution is -2.43. The summed E-state index contributed by atoms with van der Waals surface area (Å²) < 4.78 is 13.8. The normalized spacial score (nSPS) is 20.6. The van der Waals surface area contributed by atoms with Crippen molar-refractivity contribution in [3.63, 3.8) is 0 Å². The molecule has 2 bridgehead atoms. The van der Waals surface area contributed by atoms with Gasteiger partial charge in [0.25, 0.3) is 0 Å². The van der Waals surface area contributed by atoms with E-state index in [9.17, 15) is 9.59 Å². The van der Waals surface area contributed by atoms with Crippen molar-refractivity contribution in [3.8, 4) is 0 Å². The molecule has 0 radical (unpaired) electrons. The minimum atomic E-state index is -0.725. The molecule has 0 unspecified atom stereocenters. The molecule has 0 N–H and O–H groups in total. The Labute approximate surface area is 282 Å². The maximum absolute atomic E-state index is 13.8. The summed E-state index contributed by atoms with van der Waals surface area (Å²) in [6.07, 6.45) is 9.09. The van der Waals surface area contributed by atoms with Crippen LogP contribution in [0.2, 0.25) is 0 Å². The highest BCUT2D eigenvalue weighted by atomic mass is 16.6. The Balaban J connectivity index is 1.18. The topological polar surface area (TPSA) is 103 Å². The van der Waals surface area contributed by atoms with Gasteiger partial charge in [0.05, 0.1) is 23.3 Å². The second kappa shape index (κ2) is 12.2. The molecule has 2 heterocycles. The molecule has 3 atom stereocenters. The zero-order valence-corrected chi connectivity index (χ0v) is 28.8. The van der Waals surface area contributed by atoms with Crippen LogP contribution in [0.1, 0.15) is 90.0 Å². The Morgan fingerprint density at radius 2 is 1.52 bits per heavy atom. The molecule has 0 aliphatic heterocycles. The van der Waals surface area contributed by atoms with Crippen LogP contribution in [-0.4, -0.2) is 54.1 Å². The Bertz CT molecular complexity index is 1800. The molecule has 2 aromatic carbocycles. The third-order valence-electron chi connectivity index (χ3n) is 9.76. The lowest BCUT2D eigenvalue weighted by atomic mass is 9.95. The molecule has 4 aromatic rings. The molecule has 252 valence electrons. The number of fused-ring (bicyclic) bond motifs is 4. The van der Waals surface area contributed by atoms with Gasteiger partial charge in [-0.05, 0) is 114 Å². The van der Waals surface area contributed by atoms with Crippen LogP contribution < -0.4 is 4.90 Å². The minimum absolute atomic E-state index is 0.0183. The number of ether oxygens (including phenoxy) is 2. The summed E-state index contributed by atoms with van der Waals surface area (Å²) in [4.78, 5) is 40.1. The molecule has 0 spiro atoms. The van der Waals surface area contributed by atoms with E-state index in [0.717, 1.165) is 41.8 Å². The van der Waals surface area contributed by atoms with Crippen molar-refractivity contribution < 1.29 is 19.1 Å². The van der Waals surface area contributed by atoms with Gasteiger partial charge in [-0.1, -0.05) is 42.8 Å². The van der Waals surface area contributed by atoms with E-state index >= 15 is 0 Å². The van der Waals surface area contributed by atoms with Crippen LogP contribution in [0, 0.1) is 11.8 Å². The van der Waals surface area contributed by atoms with Crippen molar-refractivity contribution in [2.45, 2.75) is 110 Å². The quantitative estimate of drug-likeness (QED) is 0.207. The fourth-order valence-electron chi connectivity index (χ4n) is 7.66. The molecule has 7 rings (SSSR count). The van der Waals surface area contributed by atoms with E-state index in [1.54, 1.807) is 6.20 Å². The number of carbonyl (C=O) groups is 2. The van der Waals surface area contributed by atoms with Crippen LogP contribution in [0.25, 0.3) is 11.0 Å². The summed E-state index contributed by atoms with van der Waals surface area (Å²) in [6, 6.07) is 16.2. The third kappa shape index (κ3) is 6.62. The van der Waals surface area contributed by atoms with Gasteiger partial charge in [-0.15, -0.1) is 0 Å². The highest BCUT2D eigenvalue weighted by Gasteiger charge is 2.42. The van der Waals surface area contributed by atoms with E-state index in [0.29, 0.717) is 24.2 Å². The first kappa shape index (κ1) is 32.1. The Morgan fingerprint density at radius 1 is 0.854 bits per heavy atom. The fraction of sp³-hybridized carbons (Fsp3) is 0.500. The molecule has 10 heteroatoms. The lowest BCUT2D eigenvalue weighted by Gasteiger charge is -2.32. The molecule has 2 amide bonds. The number of anilines is 2. The molecule has 3 aliphatic rings. The Morgan fingerprint density at radius 3 is 2.12 bits per heavy atom. The number of amides is 2. The molecular weight excluding hydrogens is 604 g/mol. The maximum atomic E-state index is 13.8. The van der Waals surface area contributed by atoms with Gasteiger partial charge in [0, 0.05) is 18.8 Å².